The summed E-state index contributed by atoms with van der Waals surface area (Å²) in [6, 6.07) is 3.74. The van der Waals surface area contributed by atoms with Gasteiger partial charge in [-0.3, -0.25) is 19.2 Å². The lowest BCUT2D eigenvalue weighted by atomic mass is 10.1. The molecule has 10 nitrogen and oxygen atoms in total. The standard InChI is InChI=1S/C24H32N4O6/c1-15(2)13-21(31)26-18-8-6-17(7-9-18)22(32)25-16(3)24(34)28-11-4-5-20(28)23(33)27-19(14-30)10-12-29/h6-9,12,14-16,19-20H,4-5,10-11,13H2,1-3H3,(H,25,32)(H,26,31)(H,27,33)/t16?,19?,20-/m0/s1. The maximum atomic E-state index is 12.9. The highest BCUT2D eigenvalue weighted by molar-refractivity contribution is 5.99. The third kappa shape index (κ3) is 7.50. The van der Waals surface area contributed by atoms with Crippen LogP contribution >= 0.6 is 0 Å². The van der Waals surface area contributed by atoms with Gasteiger partial charge in [-0.1, -0.05) is 13.8 Å². The van der Waals surface area contributed by atoms with Crippen molar-refractivity contribution < 1.29 is 28.8 Å². The Morgan fingerprint density at radius 1 is 1.06 bits per heavy atom. The molecule has 184 valence electrons. The topological polar surface area (TPSA) is 142 Å². The number of hydrogen-bond acceptors (Lipinski definition) is 6. The summed E-state index contributed by atoms with van der Waals surface area (Å²) in [5.41, 5.74) is 0.889. The maximum Gasteiger partial charge on any atom is 0.251 e. The molecule has 1 heterocycles. The number of benzene rings is 1. The molecule has 1 aliphatic heterocycles. The van der Waals surface area contributed by atoms with Gasteiger partial charge in [0.05, 0.1) is 6.04 Å². The van der Waals surface area contributed by atoms with Crippen LogP contribution in [0, 0.1) is 5.92 Å². The van der Waals surface area contributed by atoms with Crippen LogP contribution in [0.3, 0.4) is 0 Å². The molecule has 4 amide bonds. The van der Waals surface area contributed by atoms with Gasteiger partial charge in [0.2, 0.25) is 17.7 Å². The number of carbonyl (C=O) groups is 6. The zero-order chi connectivity index (χ0) is 25.3. The second kappa shape index (κ2) is 12.6. The van der Waals surface area contributed by atoms with E-state index < -0.39 is 35.8 Å². The first-order chi connectivity index (χ1) is 16.2. The van der Waals surface area contributed by atoms with Gasteiger partial charge in [-0.25, -0.2) is 0 Å². The van der Waals surface area contributed by atoms with Crippen LogP contribution in [0.25, 0.3) is 0 Å². The van der Waals surface area contributed by atoms with Gasteiger partial charge in [-0.2, -0.15) is 0 Å². The van der Waals surface area contributed by atoms with E-state index >= 15 is 0 Å². The second-order valence-corrected chi connectivity index (χ2v) is 8.76. The first-order valence-electron chi connectivity index (χ1n) is 11.4. The van der Waals surface area contributed by atoms with Crippen LogP contribution < -0.4 is 16.0 Å². The van der Waals surface area contributed by atoms with Crippen molar-refractivity contribution in [3.05, 3.63) is 29.8 Å². The van der Waals surface area contributed by atoms with Crippen LogP contribution in [0.2, 0.25) is 0 Å². The molecule has 0 radical (unpaired) electrons. The Morgan fingerprint density at radius 2 is 1.74 bits per heavy atom. The minimum absolute atomic E-state index is 0.110. The number of rotatable bonds is 11. The minimum atomic E-state index is -0.933. The molecule has 2 rings (SSSR count). The zero-order valence-electron chi connectivity index (χ0n) is 19.7. The van der Waals surface area contributed by atoms with E-state index in [2.05, 4.69) is 16.0 Å². The molecule has 3 atom stereocenters. The maximum absolute atomic E-state index is 12.9. The van der Waals surface area contributed by atoms with Gasteiger partial charge in [-0.05, 0) is 49.9 Å². The third-order valence-electron chi connectivity index (χ3n) is 5.42. The van der Waals surface area contributed by atoms with Crippen molar-refractivity contribution in [3.8, 4) is 0 Å². The highest BCUT2D eigenvalue weighted by Crippen LogP contribution is 2.19. The Labute approximate surface area is 198 Å². The number of amides is 4. The largest absolute Gasteiger partial charge is 0.344 e. The van der Waals surface area contributed by atoms with E-state index in [9.17, 15) is 28.8 Å². The van der Waals surface area contributed by atoms with Crippen LogP contribution in [-0.4, -0.2) is 65.8 Å². The summed E-state index contributed by atoms with van der Waals surface area (Å²) in [4.78, 5) is 73.0. The Balaban J connectivity index is 1.95. The molecule has 3 N–H and O–H groups in total. The van der Waals surface area contributed by atoms with Crippen molar-refractivity contribution in [1.82, 2.24) is 15.5 Å². The summed E-state index contributed by atoms with van der Waals surface area (Å²) in [7, 11) is 0. The average Bonchev–Trinajstić information content (AvgIpc) is 3.28. The number of carbonyl (C=O) groups excluding carboxylic acids is 6. The number of likely N-dealkylation sites (tertiary alicyclic amines) is 1. The van der Waals surface area contributed by atoms with Gasteiger partial charge in [0.15, 0.2) is 0 Å². The van der Waals surface area contributed by atoms with E-state index in [0.29, 0.717) is 49.6 Å². The molecule has 1 aromatic rings. The number of nitrogens with zero attached hydrogens (tertiary/aromatic N) is 1. The molecule has 0 saturated carbocycles. The zero-order valence-corrected chi connectivity index (χ0v) is 19.7. The fourth-order valence-corrected chi connectivity index (χ4v) is 3.71. The van der Waals surface area contributed by atoms with Crippen molar-refractivity contribution in [2.24, 2.45) is 5.92 Å². The van der Waals surface area contributed by atoms with E-state index in [-0.39, 0.29) is 18.2 Å². The molecule has 10 heteroatoms. The number of anilines is 1. The molecule has 1 saturated heterocycles. The molecule has 1 aliphatic rings. The van der Waals surface area contributed by atoms with E-state index in [1.165, 1.54) is 11.8 Å². The highest BCUT2D eigenvalue weighted by atomic mass is 16.2. The van der Waals surface area contributed by atoms with Crippen LogP contribution in [0.1, 0.15) is 56.8 Å². The van der Waals surface area contributed by atoms with Crippen molar-refractivity contribution in [3.63, 3.8) is 0 Å². The van der Waals surface area contributed by atoms with Crippen LogP contribution in [-0.2, 0) is 24.0 Å². The predicted octanol–water partition coefficient (Wildman–Crippen LogP) is 1.05. The van der Waals surface area contributed by atoms with E-state index in [1.807, 2.05) is 13.8 Å². The van der Waals surface area contributed by atoms with Gasteiger partial charge in [0.25, 0.3) is 5.91 Å². The summed E-state index contributed by atoms with van der Waals surface area (Å²) in [6.07, 6.45) is 2.31. The van der Waals surface area contributed by atoms with Crippen molar-refractivity contribution in [2.75, 3.05) is 11.9 Å². The normalized spacial score (nSPS) is 16.9. The van der Waals surface area contributed by atoms with Crippen LogP contribution in [0.4, 0.5) is 5.69 Å². The van der Waals surface area contributed by atoms with Gasteiger partial charge in [-0.15, -0.1) is 0 Å². The molecular weight excluding hydrogens is 440 g/mol. The number of aldehydes is 2. The highest BCUT2D eigenvalue weighted by Gasteiger charge is 2.37. The fraction of sp³-hybridized carbons (Fsp3) is 0.500. The van der Waals surface area contributed by atoms with E-state index in [4.69, 9.17) is 0 Å². The lowest BCUT2D eigenvalue weighted by molar-refractivity contribution is -0.140. The number of nitrogens with one attached hydrogen (secondary N) is 3. The van der Waals surface area contributed by atoms with Crippen molar-refractivity contribution in [1.29, 1.82) is 0 Å². The lowest BCUT2D eigenvalue weighted by Crippen LogP contribution is -2.54. The fourth-order valence-electron chi connectivity index (χ4n) is 3.71. The smallest absolute Gasteiger partial charge is 0.251 e. The monoisotopic (exact) mass is 472 g/mol. The SMILES string of the molecule is CC(C)CC(=O)Nc1ccc(C(=O)NC(C)C(=O)N2CCC[C@H]2C(=O)NC(C=O)CC=O)cc1. The van der Waals surface area contributed by atoms with E-state index in [0.717, 1.165) is 0 Å². The first-order valence-corrected chi connectivity index (χ1v) is 11.4. The first kappa shape index (κ1) is 26.7. The van der Waals surface area contributed by atoms with Crippen LogP contribution in [0.15, 0.2) is 24.3 Å². The summed E-state index contributed by atoms with van der Waals surface area (Å²) in [6.45, 7) is 5.78. The Bertz CT molecular complexity index is 915. The number of hydrogen-bond donors (Lipinski definition) is 3. The van der Waals surface area contributed by atoms with Gasteiger partial charge in [0, 0.05) is 30.6 Å². The summed E-state index contributed by atoms with van der Waals surface area (Å²) in [5.74, 6) is -1.26. The summed E-state index contributed by atoms with van der Waals surface area (Å²) >= 11 is 0. The van der Waals surface area contributed by atoms with Gasteiger partial charge in [0.1, 0.15) is 24.7 Å². The van der Waals surface area contributed by atoms with E-state index in [1.54, 1.807) is 24.3 Å². The molecule has 1 fully saturated rings. The Hall–Kier alpha value is -3.56. The van der Waals surface area contributed by atoms with Gasteiger partial charge >= 0.3 is 0 Å². The Morgan fingerprint density at radius 3 is 2.32 bits per heavy atom. The average molecular weight is 473 g/mol. The molecule has 34 heavy (non-hydrogen) atoms. The lowest BCUT2D eigenvalue weighted by Gasteiger charge is -2.27. The summed E-state index contributed by atoms with van der Waals surface area (Å²) < 4.78 is 0. The second-order valence-electron chi connectivity index (χ2n) is 8.76. The minimum Gasteiger partial charge on any atom is -0.344 e. The third-order valence-corrected chi connectivity index (χ3v) is 5.42. The van der Waals surface area contributed by atoms with Gasteiger partial charge < -0.3 is 30.4 Å². The van der Waals surface area contributed by atoms with Crippen molar-refractivity contribution in [2.45, 2.75) is 64.6 Å². The van der Waals surface area contributed by atoms with Crippen molar-refractivity contribution >= 4 is 41.9 Å². The molecule has 2 unspecified atom stereocenters. The van der Waals surface area contributed by atoms with Crippen LogP contribution in [0.5, 0.6) is 0 Å². The summed E-state index contributed by atoms with van der Waals surface area (Å²) in [5, 5.41) is 7.88. The molecular formula is C24H32N4O6. The molecule has 0 aliphatic carbocycles. The molecule has 0 aromatic heterocycles. The molecule has 0 spiro atoms. The quantitative estimate of drug-likeness (QED) is 0.411. The molecule has 0 bridgehead atoms. The Kier molecular flexibility index (Phi) is 9.91. The predicted molar refractivity (Wildman–Crippen MR) is 125 cm³/mol. The molecule has 1 aromatic carbocycles.